The molecule has 1 aromatic carbocycles. The lowest BCUT2D eigenvalue weighted by molar-refractivity contribution is 0.218. The number of anilines is 1. The van der Waals surface area contributed by atoms with Gasteiger partial charge in [-0.3, -0.25) is 0 Å². The second-order valence-corrected chi connectivity index (χ2v) is 5.95. The molecule has 1 fully saturated rings. The maximum absolute atomic E-state index is 11.5. The van der Waals surface area contributed by atoms with E-state index in [0.717, 1.165) is 17.2 Å². The van der Waals surface area contributed by atoms with E-state index >= 15 is 0 Å². The highest BCUT2D eigenvalue weighted by Gasteiger charge is 2.39. The summed E-state index contributed by atoms with van der Waals surface area (Å²) in [5.41, 5.74) is 3.23. The Balaban J connectivity index is 1.87. The number of halogens is 1. The Kier molecular flexibility index (Phi) is 2.74. The van der Waals surface area contributed by atoms with Crippen LogP contribution in [0.15, 0.2) is 18.2 Å². The van der Waals surface area contributed by atoms with Crippen LogP contribution in [-0.2, 0) is 6.54 Å². The number of fused-ring (bicyclic) bond motifs is 1. The minimum Gasteiger partial charge on any atom is -0.323 e. The molecule has 1 N–H and O–H groups in total. The minimum absolute atomic E-state index is 0.0477. The number of benzene rings is 1. The summed E-state index contributed by atoms with van der Waals surface area (Å²) in [7, 11) is 1.80. The molecule has 4 heteroatoms. The predicted molar refractivity (Wildman–Crippen MR) is 72.8 cm³/mol. The Bertz CT molecular complexity index is 503. The number of carbonyl (C=O) groups is 1. The molecule has 0 bridgehead atoms. The Morgan fingerprint density at radius 1 is 1.50 bits per heavy atom. The molecule has 3 nitrogen and oxygen atoms in total. The van der Waals surface area contributed by atoms with Crippen LogP contribution in [0, 0.1) is 11.8 Å². The number of hydrogen-bond donors (Lipinski definition) is 1. The molecule has 96 valence electrons. The molecule has 2 amide bonds. The van der Waals surface area contributed by atoms with Gasteiger partial charge in [0.15, 0.2) is 0 Å². The number of hydrogen-bond acceptors (Lipinski definition) is 1. The van der Waals surface area contributed by atoms with Crippen LogP contribution in [0.2, 0.25) is 0 Å². The largest absolute Gasteiger partial charge is 0.323 e. The van der Waals surface area contributed by atoms with Crippen molar-refractivity contribution in [2.24, 2.45) is 11.8 Å². The summed E-state index contributed by atoms with van der Waals surface area (Å²) in [4.78, 5) is 13.2. The fourth-order valence-corrected chi connectivity index (χ4v) is 3.07. The lowest BCUT2D eigenvalue weighted by Crippen LogP contribution is -2.35. The van der Waals surface area contributed by atoms with Crippen molar-refractivity contribution in [3.63, 3.8) is 0 Å². The van der Waals surface area contributed by atoms with Gasteiger partial charge in [-0.05, 0) is 35.4 Å². The maximum Gasteiger partial charge on any atom is 0.321 e. The molecular formula is C14H17ClN2O. The molecule has 1 aliphatic carbocycles. The van der Waals surface area contributed by atoms with Crippen LogP contribution in [0.5, 0.6) is 0 Å². The van der Waals surface area contributed by atoms with E-state index in [1.165, 1.54) is 12.0 Å². The van der Waals surface area contributed by atoms with Crippen LogP contribution in [0.4, 0.5) is 10.5 Å². The second kappa shape index (κ2) is 4.16. The zero-order valence-corrected chi connectivity index (χ0v) is 11.4. The average Bonchev–Trinajstić information content (AvgIpc) is 3.06. The van der Waals surface area contributed by atoms with Crippen molar-refractivity contribution < 1.29 is 4.79 Å². The van der Waals surface area contributed by atoms with Crippen molar-refractivity contribution >= 4 is 23.3 Å². The summed E-state index contributed by atoms with van der Waals surface area (Å²) < 4.78 is 0. The quantitative estimate of drug-likeness (QED) is 0.814. The Hall–Kier alpha value is -1.22. The summed E-state index contributed by atoms with van der Waals surface area (Å²) in [5.74, 6) is 1.35. The zero-order valence-electron chi connectivity index (χ0n) is 10.6. The van der Waals surface area contributed by atoms with E-state index in [1.807, 2.05) is 12.1 Å². The number of nitrogens with zero attached hydrogens (tertiary/aromatic N) is 1. The smallest absolute Gasteiger partial charge is 0.321 e. The summed E-state index contributed by atoms with van der Waals surface area (Å²) >= 11 is 6.51. The molecule has 3 unspecified atom stereocenters. The second-order valence-electron chi connectivity index (χ2n) is 5.48. The van der Waals surface area contributed by atoms with E-state index in [2.05, 4.69) is 18.3 Å². The van der Waals surface area contributed by atoms with Crippen LogP contribution >= 0.6 is 11.6 Å². The van der Waals surface area contributed by atoms with Crippen LogP contribution in [0.3, 0.4) is 0 Å². The highest BCUT2D eigenvalue weighted by Crippen LogP contribution is 2.50. The number of nitrogens with one attached hydrogen (secondary N) is 1. The molecule has 3 atom stereocenters. The van der Waals surface area contributed by atoms with Crippen LogP contribution in [-0.4, -0.2) is 18.0 Å². The standard InChI is InChI=1S/C14H17ClN2O/c1-8-5-11(8)13(15)9-3-4-12-10(6-9)7-17(2)14(18)16-12/h3-4,6,8,11,13H,5,7H2,1-2H3,(H,16,18). The van der Waals surface area contributed by atoms with Crippen LogP contribution in [0.1, 0.15) is 29.8 Å². The Morgan fingerprint density at radius 2 is 2.22 bits per heavy atom. The van der Waals surface area contributed by atoms with Gasteiger partial charge in [0.1, 0.15) is 0 Å². The molecule has 1 saturated carbocycles. The average molecular weight is 265 g/mol. The number of urea groups is 1. The summed E-state index contributed by atoms with van der Waals surface area (Å²) in [6, 6.07) is 6.09. The molecule has 1 heterocycles. The van der Waals surface area contributed by atoms with E-state index in [9.17, 15) is 4.79 Å². The lowest BCUT2D eigenvalue weighted by Gasteiger charge is -2.26. The van der Waals surface area contributed by atoms with Crippen molar-refractivity contribution in [3.05, 3.63) is 29.3 Å². The van der Waals surface area contributed by atoms with Crippen LogP contribution in [0.25, 0.3) is 0 Å². The van der Waals surface area contributed by atoms with E-state index in [-0.39, 0.29) is 11.4 Å². The molecule has 0 radical (unpaired) electrons. The third-order valence-corrected chi connectivity index (χ3v) is 4.57. The number of rotatable bonds is 2. The fraction of sp³-hybridized carbons (Fsp3) is 0.500. The first-order valence-corrected chi connectivity index (χ1v) is 6.79. The molecule has 1 aromatic rings. The lowest BCUT2D eigenvalue weighted by atomic mass is 10.0. The fourth-order valence-electron chi connectivity index (χ4n) is 2.58. The number of carbonyl (C=O) groups excluding carboxylic acids is 1. The van der Waals surface area contributed by atoms with Gasteiger partial charge in [-0.15, -0.1) is 11.6 Å². The van der Waals surface area contributed by atoms with E-state index in [0.29, 0.717) is 12.5 Å². The highest BCUT2D eigenvalue weighted by atomic mass is 35.5. The van der Waals surface area contributed by atoms with Gasteiger partial charge < -0.3 is 10.2 Å². The molecule has 3 rings (SSSR count). The molecule has 18 heavy (non-hydrogen) atoms. The van der Waals surface area contributed by atoms with Crippen molar-refractivity contribution in [1.29, 1.82) is 0 Å². The van der Waals surface area contributed by atoms with Gasteiger partial charge in [-0.2, -0.15) is 0 Å². The van der Waals surface area contributed by atoms with Crippen LogP contribution < -0.4 is 5.32 Å². The van der Waals surface area contributed by atoms with E-state index < -0.39 is 0 Å². The molecule has 1 aliphatic heterocycles. The highest BCUT2D eigenvalue weighted by molar-refractivity contribution is 6.21. The summed E-state index contributed by atoms with van der Waals surface area (Å²) in [6.07, 6.45) is 1.22. The van der Waals surface area contributed by atoms with Gasteiger partial charge in [-0.1, -0.05) is 19.1 Å². The molecule has 0 saturated heterocycles. The van der Waals surface area contributed by atoms with Gasteiger partial charge >= 0.3 is 6.03 Å². The predicted octanol–water partition coefficient (Wildman–Crippen LogP) is 3.60. The van der Waals surface area contributed by atoms with E-state index in [1.54, 1.807) is 11.9 Å². The number of amides is 2. The van der Waals surface area contributed by atoms with Gasteiger partial charge in [0, 0.05) is 19.3 Å². The van der Waals surface area contributed by atoms with Crippen molar-refractivity contribution in [1.82, 2.24) is 4.90 Å². The van der Waals surface area contributed by atoms with Crippen molar-refractivity contribution in [2.45, 2.75) is 25.3 Å². The molecular weight excluding hydrogens is 248 g/mol. The Labute approximate surface area is 112 Å². The summed E-state index contributed by atoms with van der Waals surface area (Å²) in [5, 5.41) is 2.98. The normalized spacial score (nSPS) is 27.5. The topological polar surface area (TPSA) is 32.3 Å². The zero-order chi connectivity index (χ0) is 12.9. The third kappa shape index (κ3) is 1.97. The van der Waals surface area contributed by atoms with Crippen molar-refractivity contribution in [2.75, 3.05) is 12.4 Å². The minimum atomic E-state index is -0.0477. The summed E-state index contributed by atoms with van der Waals surface area (Å²) in [6.45, 7) is 2.89. The maximum atomic E-state index is 11.5. The third-order valence-electron chi connectivity index (χ3n) is 3.99. The van der Waals surface area contributed by atoms with Gasteiger partial charge in [0.25, 0.3) is 0 Å². The van der Waals surface area contributed by atoms with Gasteiger partial charge in [-0.25, -0.2) is 4.79 Å². The van der Waals surface area contributed by atoms with Crippen molar-refractivity contribution in [3.8, 4) is 0 Å². The molecule has 2 aliphatic rings. The van der Waals surface area contributed by atoms with Gasteiger partial charge in [0.2, 0.25) is 0 Å². The first-order chi connectivity index (χ1) is 8.56. The SMILES string of the molecule is CC1CC1C(Cl)c1ccc2c(c1)CN(C)C(=O)N2. The first-order valence-electron chi connectivity index (χ1n) is 6.35. The van der Waals surface area contributed by atoms with Gasteiger partial charge in [0.05, 0.1) is 5.38 Å². The first kappa shape index (κ1) is 11.8. The monoisotopic (exact) mass is 264 g/mol. The molecule has 0 spiro atoms. The number of alkyl halides is 1. The van der Waals surface area contributed by atoms with E-state index in [4.69, 9.17) is 11.6 Å². The molecule has 0 aromatic heterocycles. The Morgan fingerprint density at radius 3 is 2.89 bits per heavy atom.